The molecule has 0 radical (unpaired) electrons. The first-order valence-corrected chi connectivity index (χ1v) is 3.80. The van der Waals surface area contributed by atoms with E-state index in [9.17, 15) is 0 Å². The van der Waals surface area contributed by atoms with Gasteiger partial charge in [-0.05, 0) is 19.4 Å². The van der Waals surface area contributed by atoms with Crippen LogP contribution in [0.15, 0.2) is 17.8 Å². The lowest BCUT2D eigenvalue weighted by atomic mass is 10.3. The van der Waals surface area contributed by atoms with E-state index in [1.165, 1.54) is 0 Å². The Morgan fingerprint density at radius 1 is 1.58 bits per heavy atom. The molecule has 1 heterocycles. The van der Waals surface area contributed by atoms with E-state index in [-0.39, 0.29) is 0 Å². The Bertz CT molecular complexity index is 361. The van der Waals surface area contributed by atoms with Crippen molar-refractivity contribution in [2.45, 2.75) is 13.8 Å². The fourth-order valence-electron chi connectivity index (χ4n) is 0.956. The minimum Gasteiger partial charge on any atom is -0.293 e. The zero-order chi connectivity index (χ0) is 9.14. The van der Waals surface area contributed by atoms with Crippen molar-refractivity contribution >= 4 is 6.20 Å². The molecule has 0 atom stereocenters. The molecule has 0 aliphatic rings. The molecule has 0 unspecified atom stereocenters. The largest absolute Gasteiger partial charge is 0.293 e. The summed E-state index contributed by atoms with van der Waals surface area (Å²) in [6.07, 6.45) is 3.67. The maximum absolute atomic E-state index is 4.29. The summed E-state index contributed by atoms with van der Waals surface area (Å²) in [5.74, 6) is 0. The molecule has 0 aliphatic carbocycles. The zero-order valence-corrected chi connectivity index (χ0v) is 7.70. The van der Waals surface area contributed by atoms with Crippen molar-refractivity contribution in [3.8, 4) is 0 Å². The van der Waals surface area contributed by atoms with Crippen molar-refractivity contribution in [2.24, 2.45) is 4.99 Å². The third-order valence-electron chi connectivity index (χ3n) is 1.80. The van der Waals surface area contributed by atoms with Gasteiger partial charge in [-0.3, -0.25) is 9.56 Å². The lowest BCUT2D eigenvalue weighted by molar-refractivity contribution is 0.865. The molecule has 0 saturated heterocycles. The fraction of sp³-hybridized carbons (Fsp3) is 0.333. The summed E-state index contributed by atoms with van der Waals surface area (Å²) >= 11 is 0. The highest BCUT2D eigenvalue weighted by Crippen LogP contribution is 1.97. The molecule has 1 aromatic rings. The Kier molecular flexibility index (Phi) is 2.43. The second-order valence-electron chi connectivity index (χ2n) is 2.62. The second-order valence-corrected chi connectivity index (χ2v) is 2.62. The summed E-state index contributed by atoms with van der Waals surface area (Å²) in [4.78, 5) is 8.31. The SMILES string of the molecule is C=Cn1cc(C)c(C)nc1=NC. The van der Waals surface area contributed by atoms with E-state index in [1.54, 1.807) is 13.2 Å². The van der Waals surface area contributed by atoms with E-state index in [2.05, 4.69) is 16.6 Å². The summed E-state index contributed by atoms with van der Waals surface area (Å²) in [5.41, 5.74) is 2.84. The molecule has 0 amide bonds. The maximum Gasteiger partial charge on any atom is 0.228 e. The molecule has 1 aromatic heterocycles. The van der Waals surface area contributed by atoms with Crippen LogP contribution in [0.4, 0.5) is 0 Å². The molecule has 0 saturated carbocycles. The predicted molar refractivity (Wildman–Crippen MR) is 49.6 cm³/mol. The van der Waals surface area contributed by atoms with Crippen LogP contribution in [0.3, 0.4) is 0 Å². The first kappa shape index (κ1) is 8.71. The average molecular weight is 163 g/mol. The van der Waals surface area contributed by atoms with Crippen molar-refractivity contribution in [1.82, 2.24) is 9.55 Å². The lowest BCUT2D eigenvalue weighted by Gasteiger charge is -2.03. The van der Waals surface area contributed by atoms with Crippen LogP contribution in [-0.2, 0) is 0 Å². The molecule has 0 fully saturated rings. The Morgan fingerprint density at radius 3 is 2.75 bits per heavy atom. The van der Waals surface area contributed by atoms with Crippen LogP contribution in [-0.4, -0.2) is 16.6 Å². The number of rotatable bonds is 1. The summed E-state index contributed by atoms with van der Waals surface area (Å²) in [6, 6.07) is 0. The minimum atomic E-state index is 0.688. The van der Waals surface area contributed by atoms with Crippen molar-refractivity contribution in [1.29, 1.82) is 0 Å². The van der Waals surface area contributed by atoms with Crippen molar-refractivity contribution in [3.05, 3.63) is 29.7 Å². The molecular formula is C9H13N3. The van der Waals surface area contributed by atoms with Crippen LogP contribution in [0.2, 0.25) is 0 Å². The highest BCUT2D eigenvalue weighted by molar-refractivity contribution is 5.21. The molecule has 0 N–H and O–H groups in total. The fourth-order valence-corrected chi connectivity index (χ4v) is 0.956. The Labute approximate surface area is 72.1 Å². The van der Waals surface area contributed by atoms with Gasteiger partial charge in [0.2, 0.25) is 5.62 Å². The first-order valence-electron chi connectivity index (χ1n) is 3.80. The zero-order valence-electron chi connectivity index (χ0n) is 7.70. The van der Waals surface area contributed by atoms with Crippen LogP contribution in [0, 0.1) is 13.8 Å². The number of hydrogen-bond donors (Lipinski definition) is 0. The number of hydrogen-bond acceptors (Lipinski definition) is 2. The minimum absolute atomic E-state index is 0.688. The van der Waals surface area contributed by atoms with Crippen molar-refractivity contribution < 1.29 is 0 Å². The topological polar surface area (TPSA) is 30.2 Å². The van der Waals surface area contributed by atoms with Gasteiger partial charge in [0.15, 0.2) is 0 Å². The normalized spacial score (nSPS) is 11.8. The lowest BCUT2D eigenvalue weighted by Crippen LogP contribution is -2.21. The molecule has 0 aromatic carbocycles. The van der Waals surface area contributed by atoms with E-state index < -0.39 is 0 Å². The highest BCUT2D eigenvalue weighted by Gasteiger charge is 1.95. The molecule has 0 aliphatic heterocycles. The van der Waals surface area contributed by atoms with Gasteiger partial charge in [-0.15, -0.1) is 0 Å². The van der Waals surface area contributed by atoms with Gasteiger partial charge in [-0.1, -0.05) is 6.58 Å². The quantitative estimate of drug-likeness (QED) is 0.610. The van der Waals surface area contributed by atoms with Crippen LogP contribution >= 0.6 is 0 Å². The van der Waals surface area contributed by atoms with Gasteiger partial charge in [-0.2, -0.15) is 0 Å². The Morgan fingerprint density at radius 2 is 2.25 bits per heavy atom. The standard InChI is InChI=1S/C9H13N3/c1-5-12-6-7(2)8(3)11-9(12)10-4/h5-6H,1H2,2-4H3. The number of nitrogens with zero attached hydrogens (tertiary/aromatic N) is 3. The number of aryl methyl sites for hydroxylation is 2. The molecular weight excluding hydrogens is 150 g/mol. The third kappa shape index (κ3) is 1.44. The number of aromatic nitrogens is 2. The van der Waals surface area contributed by atoms with E-state index in [4.69, 9.17) is 0 Å². The molecule has 64 valence electrons. The van der Waals surface area contributed by atoms with E-state index in [0.717, 1.165) is 11.3 Å². The summed E-state index contributed by atoms with van der Waals surface area (Å²) < 4.78 is 1.81. The van der Waals surface area contributed by atoms with Gasteiger partial charge in [0.25, 0.3) is 0 Å². The van der Waals surface area contributed by atoms with Crippen molar-refractivity contribution in [2.75, 3.05) is 7.05 Å². The summed E-state index contributed by atoms with van der Waals surface area (Å²) in [6.45, 7) is 7.66. The highest BCUT2D eigenvalue weighted by atomic mass is 15.1. The Balaban J connectivity index is 3.50. The van der Waals surface area contributed by atoms with Crippen LogP contribution in [0.5, 0.6) is 0 Å². The van der Waals surface area contributed by atoms with Gasteiger partial charge in [0.1, 0.15) is 0 Å². The van der Waals surface area contributed by atoms with E-state index in [1.807, 2.05) is 24.6 Å². The molecule has 3 heteroatoms. The maximum atomic E-state index is 4.29. The van der Waals surface area contributed by atoms with Gasteiger partial charge < -0.3 is 0 Å². The first-order chi connectivity index (χ1) is 5.69. The van der Waals surface area contributed by atoms with Gasteiger partial charge in [0, 0.05) is 25.1 Å². The predicted octanol–water partition coefficient (Wildman–Crippen LogP) is 1.13. The van der Waals surface area contributed by atoms with E-state index >= 15 is 0 Å². The van der Waals surface area contributed by atoms with Gasteiger partial charge >= 0.3 is 0 Å². The molecule has 1 rings (SSSR count). The van der Waals surface area contributed by atoms with Crippen LogP contribution in [0.25, 0.3) is 6.20 Å². The van der Waals surface area contributed by atoms with Gasteiger partial charge in [-0.25, -0.2) is 4.98 Å². The van der Waals surface area contributed by atoms with Gasteiger partial charge in [0.05, 0.1) is 0 Å². The van der Waals surface area contributed by atoms with Crippen molar-refractivity contribution in [3.63, 3.8) is 0 Å². The van der Waals surface area contributed by atoms with Crippen LogP contribution < -0.4 is 5.62 Å². The molecule has 0 bridgehead atoms. The smallest absolute Gasteiger partial charge is 0.228 e. The molecule has 3 nitrogen and oxygen atoms in total. The van der Waals surface area contributed by atoms with Crippen LogP contribution in [0.1, 0.15) is 11.3 Å². The third-order valence-corrected chi connectivity index (χ3v) is 1.80. The monoisotopic (exact) mass is 163 g/mol. The summed E-state index contributed by atoms with van der Waals surface area (Å²) in [5, 5.41) is 0. The second kappa shape index (κ2) is 3.34. The summed E-state index contributed by atoms with van der Waals surface area (Å²) in [7, 11) is 1.72. The average Bonchev–Trinajstić information content (AvgIpc) is 2.09. The molecule has 0 spiro atoms. The Hall–Kier alpha value is -1.38. The molecule has 12 heavy (non-hydrogen) atoms. The van der Waals surface area contributed by atoms with E-state index in [0.29, 0.717) is 5.62 Å².